The molecule has 0 N–H and O–H groups in total. The Kier molecular flexibility index (Phi) is 3.71. The lowest BCUT2D eigenvalue weighted by atomic mass is 9.96. The second kappa shape index (κ2) is 6.34. The summed E-state index contributed by atoms with van der Waals surface area (Å²) in [7, 11) is 0. The number of fused-ring (bicyclic) bond motifs is 1. The van der Waals surface area contributed by atoms with Crippen molar-refractivity contribution in [2.24, 2.45) is 4.99 Å². The molecule has 1 aromatic carbocycles. The predicted molar refractivity (Wildman–Crippen MR) is 106 cm³/mol. The average Bonchev–Trinajstić information content (AvgIpc) is 3.39. The number of nitrogens with zero attached hydrogens (tertiary/aromatic N) is 3. The zero-order valence-electron chi connectivity index (χ0n) is 14.5. The van der Waals surface area contributed by atoms with Crippen molar-refractivity contribution in [3.63, 3.8) is 0 Å². The van der Waals surface area contributed by atoms with Crippen molar-refractivity contribution < 1.29 is 0 Å². The summed E-state index contributed by atoms with van der Waals surface area (Å²) in [6.07, 6.45) is 11.7. The number of hydrogen-bond acceptors (Lipinski definition) is 3. The van der Waals surface area contributed by atoms with Crippen molar-refractivity contribution in [3.8, 4) is 22.4 Å². The van der Waals surface area contributed by atoms with Gasteiger partial charge in [-0.15, -0.1) is 0 Å². The van der Waals surface area contributed by atoms with Crippen LogP contribution in [0.25, 0.3) is 28.0 Å². The Bertz CT molecular complexity index is 1050. The predicted octanol–water partition coefficient (Wildman–Crippen LogP) is 5.31. The van der Waals surface area contributed by atoms with Crippen LogP contribution in [-0.2, 0) is 6.54 Å². The molecule has 2 aliphatic rings. The van der Waals surface area contributed by atoms with Gasteiger partial charge in [-0.25, -0.2) is 0 Å². The topological polar surface area (TPSA) is 38.1 Å². The molecule has 5 rings (SSSR count). The van der Waals surface area contributed by atoms with Crippen LogP contribution < -0.4 is 0 Å². The van der Waals surface area contributed by atoms with Crippen LogP contribution >= 0.6 is 0 Å². The fourth-order valence-corrected chi connectivity index (χ4v) is 3.80. The molecule has 0 radical (unpaired) electrons. The number of pyridine rings is 2. The molecule has 26 heavy (non-hydrogen) atoms. The summed E-state index contributed by atoms with van der Waals surface area (Å²) < 4.78 is 0. The van der Waals surface area contributed by atoms with E-state index < -0.39 is 0 Å². The first kappa shape index (κ1) is 15.2. The molecule has 3 aromatic rings. The first-order chi connectivity index (χ1) is 12.9. The summed E-state index contributed by atoms with van der Waals surface area (Å²) in [4.78, 5) is 13.6. The minimum atomic E-state index is 0.687. The molecular weight excluding hydrogens is 318 g/mol. The largest absolute Gasteiger partial charge is 0.286 e. The third-order valence-electron chi connectivity index (χ3n) is 5.14. The van der Waals surface area contributed by atoms with Gasteiger partial charge in [-0.2, -0.15) is 0 Å². The van der Waals surface area contributed by atoms with Crippen LogP contribution in [0.3, 0.4) is 0 Å². The minimum Gasteiger partial charge on any atom is -0.286 e. The monoisotopic (exact) mass is 337 g/mol. The van der Waals surface area contributed by atoms with Crippen molar-refractivity contribution >= 4 is 11.8 Å². The van der Waals surface area contributed by atoms with Gasteiger partial charge in [0, 0.05) is 40.9 Å². The van der Waals surface area contributed by atoms with E-state index in [0.717, 1.165) is 33.6 Å². The van der Waals surface area contributed by atoms with Gasteiger partial charge in [0.15, 0.2) is 0 Å². The fraction of sp³-hybridized carbons (Fsp3) is 0.174. The molecule has 126 valence electrons. The van der Waals surface area contributed by atoms with Crippen LogP contribution in [0.2, 0.25) is 0 Å². The number of rotatable bonds is 3. The van der Waals surface area contributed by atoms with Crippen molar-refractivity contribution in [2.45, 2.75) is 25.8 Å². The zero-order valence-corrected chi connectivity index (χ0v) is 14.5. The third kappa shape index (κ3) is 2.66. The summed E-state index contributed by atoms with van der Waals surface area (Å²) in [6, 6.07) is 15.0. The van der Waals surface area contributed by atoms with Crippen molar-refractivity contribution in [1.82, 2.24) is 9.97 Å². The molecule has 3 heteroatoms. The van der Waals surface area contributed by atoms with Crippen LogP contribution in [-0.4, -0.2) is 16.2 Å². The summed E-state index contributed by atoms with van der Waals surface area (Å²) in [6.45, 7) is 0.687. The van der Waals surface area contributed by atoms with Crippen molar-refractivity contribution in [3.05, 3.63) is 77.8 Å². The number of benzene rings is 1. The number of aliphatic imine (C=N–C) groups is 1. The Labute approximate surface area is 153 Å². The maximum absolute atomic E-state index is 4.71. The molecule has 3 nitrogen and oxygen atoms in total. The molecule has 0 saturated heterocycles. The standard InChI is InChI=1S/C23H19N3/c1-2-6-16(5-1)17-7-3-8-18(11-17)23-21(9-4-10-25-23)19-12-20-13-24-15-22(20)26-14-19/h3-5,7-14H,1-2,6,15H2. The van der Waals surface area contributed by atoms with Gasteiger partial charge in [0.05, 0.1) is 17.9 Å². The van der Waals surface area contributed by atoms with Crippen LogP contribution in [0, 0.1) is 0 Å². The molecule has 0 saturated carbocycles. The molecule has 3 heterocycles. The highest BCUT2D eigenvalue weighted by atomic mass is 14.8. The van der Waals surface area contributed by atoms with Crippen LogP contribution in [0.1, 0.15) is 36.1 Å². The second-order valence-corrected chi connectivity index (χ2v) is 6.83. The molecule has 1 aliphatic heterocycles. The number of hydrogen-bond donors (Lipinski definition) is 0. The first-order valence-electron chi connectivity index (χ1n) is 9.12. The van der Waals surface area contributed by atoms with Gasteiger partial charge in [-0.3, -0.25) is 15.0 Å². The van der Waals surface area contributed by atoms with Crippen LogP contribution in [0.5, 0.6) is 0 Å². The Morgan fingerprint density at radius 2 is 1.85 bits per heavy atom. The molecule has 0 fully saturated rings. The second-order valence-electron chi connectivity index (χ2n) is 6.83. The molecule has 0 spiro atoms. The van der Waals surface area contributed by atoms with Gasteiger partial charge >= 0.3 is 0 Å². The molecule has 0 unspecified atom stereocenters. The van der Waals surface area contributed by atoms with Gasteiger partial charge in [-0.05, 0) is 48.6 Å². The van der Waals surface area contributed by atoms with Crippen LogP contribution in [0.15, 0.2) is 65.9 Å². The van der Waals surface area contributed by atoms with Gasteiger partial charge in [-0.1, -0.05) is 30.3 Å². The van der Waals surface area contributed by atoms with Gasteiger partial charge in [0.2, 0.25) is 0 Å². The Hall–Kier alpha value is -3.07. The summed E-state index contributed by atoms with van der Waals surface area (Å²) in [5.74, 6) is 0. The average molecular weight is 337 g/mol. The van der Waals surface area contributed by atoms with Crippen LogP contribution in [0.4, 0.5) is 0 Å². The third-order valence-corrected chi connectivity index (χ3v) is 5.14. The molecule has 0 amide bonds. The molecule has 0 bridgehead atoms. The van der Waals surface area contributed by atoms with E-state index in [1.165, 1.54) is 30.4 Å². The van der Waals surface area contributed by atoms with E-state index in [9.17, 15) is 0 Å². The van der Waals surface area contributed by atoms with E-state index in [-0.39, 0.29) is 0 Å². The fourth-order valence-electron chi connectivity index (χ4n) is 3.80. The maximum Gasteiger partial charge on any atom is 0.0818 e. The van der Waals surface area contributed by atoms with E-state index >= 15 is 0 Å². The highest BCUT2D eigenvalue weighted by Crippen LogP contribution is 2.34. The summed E-state index contributed by atoms with van der Waals surface area (Å²) in [5, 5.41) is 0. The lowest BCUT2D eigenvalue weighted by Gasteiger charge is -2.11. The van der Waals surface area contributed by atoms with Gasteiger partial charge in [0.25, 0.3) is 0 Å². The normalized spacial score (nSPS) is 15.2. The lowest BCUT2D eigenvalue weighted by molar-refractivity contribution is 0.935. The number of aromatic nitrogens is 2. The quantitative estimate of drug-likeness (QED) is 0.649. The highest BCUT2D eigenvalue weighted by Gasteiger charge is 2.14. The van der Waals surface area contributed by atoms with E-state index in [4.69, 9.17) is 4.98 Å². The molecule has 2 aromatic heterocycles. The SMILES string of the molecule is C1=NCc2ncc(-c3cccnc3-c3cccc(C4=CCCC4)c3)cc21. The van der Waals surface area contributed by atoms with Crippen molar-refractivity contribution in [2.75, 3.05) is 0 Å². The smallest absolute Gasteiger partial charge is 0.0818 e. The molecule has 0 atom stereocenters. The Morgan fingerprint density at radius 1 is 0.885 bits per heavy atom. The van der Waals surface area contributed by atoms with Gasteiger partial charge in [0.1, 0.15) is 0 Å². The van der Waals surface area contributed by atoms with E-state index in [1.54, 1.807) is 0 Å². The van der Waals surface area contributed by atoms with E-state index in [1.807, 2.05) is 24.7 Å². The maximum atomic E-state index is 4.71. The summed E-state index contributed by atoms with van der Waals surface area (Å²) >= 11 is 0. The minimum absolute atomic E-state index is 0.687. The Balaban J connectivity index is 1.61. The summed E-state index contributed by atoms with van der Waals surface area (Å²) in [5.41, 5.74) is 9.29. The van der Waals surface area contributed by atoms with Crippen molar-refractivity contribution in [1.29, 1.82) is 0 Å². The Morgan fingerprint density at radius 3 is 2.77 bits per heavy atom. The molecule has 1 aliphatic carbocycles. The first-order valence-corrected chi connectivity index (χ1v) is 9.12. The number of allylic oxidation sites excluding steroid dienone is 2. The van der Waals surface area contributed by atoms with Gasteiger partial charge < -0.3 is 0 Å². The van der Waals surface area contributed by atoms with E-state index in [2.05, 4.69) is 52.5 Å². The molecular formula is C23H19N3. The zero-order chi connectivity index (χ0) is 17.3. The highest BCUT2D eigenvalue weighted by molar-refractivity contribution is 5.88. The lowest BCUT2D eigenvalue weighted by Crippen LogP contribution is -1.94. The van der Waals surface area contributed by atoms with E-state index in [0.29, 0.717) is 6.54 Å².